The van der Waals surface area contributed by atoms with Gasteiger partial charge in [0.1, 0.15) is 0 Å². The van der Waals surface area contributed by atoms with Crippen LogP contribution in [0.4, 0.5) is 0 Å². The number of amides is 1. The minimum absolute atomic E-state index is 0.0568. The second-order valence-corrected chi connectivity index (χ2v) is 6.59. The van der Waals surface area contributed by atoms with E-state index in [1.807, 2.05) is 43.3 Å². The third kappa shape index (κ3) is 2.46. The van der Waals surface area contributed by atoms with E-state index >= 15 is 0 Å². The van der Waals surface area contributed by atoms with Gasteiger partial charge >= 0.3 is 0 Å². The van der Waals surface area contributed by atoms with Gasteiger partial charge in [-0.1, -0.05) is 66.2 Å². The zero-order valence-electron chi connectivity index (χ0n) is 13.2. The van der Waals surface area contributed by atoms with Gasteiger partial charge in [-0.25, -0.2) is 5.43 Å². The largest absolute Gasteiger partial charge is 0.290 e. The molecule has 2 N–H and O–H groups in total. The van der Waals surface area contributed by atoms with Crippen molar-refractivity contribution in [3.8, 4) is 0 Å². The Kier molecular flexibility index (Phi) is 3.75. The highest BCUT2D eigenvalue weighted by Crippen LogP contribution is 2.39. The number of carbonyl (C=O) groups excluding carboxylic acids is 1. The molecule has 0 aliphatic carbocycles. The molecule has 3 aromatic carbocycles. The minimum Gasteiger partial charge on any atom is -0.290 e. The van der Waals surface area contributed by atoms with Gasteiger partial charge in [-0.05, 0) is 40.5 Å². The zero-order valence-corrected chi connectivity index (χ0v) is 14.0. The van der Waals surface area contributed by atoms with Crippen LogP contribution in [-0.2, 0) is 4.79 Å². The van der Waals surface area contributed by atoms with Gasteiger partial charge in [0.05, 0.1) is 12.0 Å². The maximum atomic E-state index is 12.5. The van der Waals surface area contributed by atoms with Crippen LogP contribution < -0.4 is 10.9 Å². The van der Waals surface area contributed by atoms with Crippen LogP contribution in [0.3, 0.4) is 0 Å². The van der Waals surface area contributed by atoms with Crippen LogP contribution >= 0.6 is 11.6 Å². The van der Waals surface area contributed by atoms with Crippen LogP contribution in [-0.4, -0.2) is 5.91 Å². The van der Waals surface area contributed by atoms with Gasteiger partial charge in [0.2, 0.25) is 5.91 Å². The molecule has 2 atom stereocenters. The molecular formula is C20H17ClN2O. The molecule has 1 aliphatic rings. The Bertz CT molecular complexity index is 933. The van der Waals surface area contributed by atoms with Gasteiger partial charge in [-0.2, -0.15) is 0 Å². The first-order valence-corrected chi connectivity index (χ1v) is 8.32. The van der Waals surface area contributed by atoms with Crippen molar-refractivity contribution >= 4 is 28.3 Å². The van der Waals surface area contributed by atoms with Crippen molar-refractivity contribution in [2.45, 2.75) is 18.9 Å². The van der Waals surface area contributed by atoms with Crippen molar-refractivity contribution < 1.29 is 4.79 Å². The number of fused-ring (bicyclic) bond motifs is 1. The van der Waals surface area contributed by atoms with Gasteiger partial charge in [-0.15, -0.1) is 0 Å². The Morgan fingerprint density at radius 3 is 2.58 bits per heavy atom. The summed E-state index contributed by atoms with van der Waals surface area (Å²) < 4.78 is 0. The minimum atomic E-state index is -0.357. The Hall–Kier alpha value is -2.36. The van der Waals surface area contributed by atoms with Crippen LogP contribution in [0.15, 0.2) is 60.7 Å². The van der Waals surface area contributed by atoms with Gasteiger partial charge < -0.3 is 0 Å². The Morgan fingerprint density at radius 2 is 1.75 bits per heavy atom. The number of nitrogens with one attached hydrogen (secondary N) is 2. The van der Waals surface area contributed by atoms with E-state index in [1.54, 1.807) is 0 Å². The Labute approximate surface area is 145 Å². The highest BCUT2D eigenvalue weighted by atomic mass is 35.5. The first kappa shape index (κ1) is 15.2. The van der Waals surface area contributed by atoms with Gasteiger partial charge in [0.25, 0.3) is 0 Å². The first-order valence-electron chi connectivity index (χ1n) is 7.94. The number of rotatable bonds is 2. The van der Waals surface area contributed by atoms with Crippen molar-refractivity contribution in [3.05, 3.63) is 82.4 Å². The number of hydrazine groups is 1. The molecule has 0 bridgehead atoms. The second-order valence-electron chi connectivity index (χ2n) is 6.18. The standard InChI is InChI=1S/C20H17ClN2O/c1-12-9-10-16(17(21)11-12)18-19(22-23-20(18)24)15-8-4-6-13-5-2-3-7-14(13)15/h2-11,18-19,22H,1H3,(H,23,24)/t18-,19-/m1/s1. The van der Waals surface area contributed by atoms with E-state index in [-0.39, 0.29) is 17.9 Å². The molecule has 0 unspecified atom stereocenters. The summed E-state index contributed by atoms with van der Waals surface area (Å²) in [5.41, 5.74) is 8.94. The summed E-state index contributed by atoms with van der Waals surface area (Å²) >= 11 is 6.44. The maximum absolute atomic E-state index is 12.5. The molecule has 0 spiro atoms. The number of benzene rings is 3. The quantitative estimate of drug-likeness (QED) is 0.734. The molecule has 24 heavy (non-hydrogen) atoms. The summed E-state index contributed by atoms with van der Waals surface area (Å²) in [5, 5.41) is 2.93. The summed E-state index contributed by atoms with van der Waals surface area (Å²) in [5.74, 6) is -0.414. The van der Waals surface area contributed by atoms with E-state index in [0.29, 0.717) is 5.02 Å². The fraction of sp³-hybridized carbons (Fsp3) is 0.150. The lowest BCUT2D eigenvalue weighted by molar-refractivity contribution is -0.120. The Balaban J connectivity index is 1.86. The highest BCUT2D eigenvalue weighted by molar-refractivity contribution is 6.31. The lowest BCUT2D eigenvalue weighted by Gasteiger charge is -2.20. The summed E-state index contributed by atoms with van der Waals surface area (Å²) in [6.45, 7) is 1.99. The van der Waals surface area contributed by atoms with E-state index in [0.717, 1.165) is 27.5 Å². The van der Waals surface area contributed by atoms with E-state index in [1.165, 1.54) is 0 Å². The lowest BCUT2D eigenvalue weighted by atomic mass is 9.85. The topological polar surface area (TPSA) is 41.1 Å². The molecule has 3 nitrogen and oxygen atoms in total. The molecular weight excluding hydrogens is 320 g/mol. The zero-order chi connectivity index (χ0) is 16.7. The SMILES string of the molecule is Cc1ccc([C@H]2C(=O)NN[C@@H]2c2cccc3ccccc23)c(Cl)c1. The number of halogens is 1. The van der Waals surface area contributed by atoms with Crippen LogP contribution in [0.2, 0.25) is 5.02 Å². The maximum Gasteiger partial charge on any atom is 0.243 e. The molecule has 1 fully saturated rings. The number of hydrogen-bond donors (Lipinski definition) is 2. The van der Waals surface area contributed by atoms with Crippen LogP contribution in [0.5, 0.6) is 0 Å². The fourth-order valence-corrected chi connectivity index (χ4v) is 3.80. The average molecular weight is 337 g/mol. The molecule has 0 radical (unpaired) electrons. The Morgan fingerprint density at radius 1 is 0.958 bits per heavy atom. The van der Waals surface area contributed by atoms with E-state index in [2.05, 4.69) is 35.1 Å². The van der Waals surface area contributed by atoms with Crippen LogP contribution in [0.25, 0.3) is 10.8 Å². The van der Waals surface area contributed by atoms with Gasteiger partial charge in [0, 0.05) is 5.02 Å². The van der Waals surface area contributed by atoms with Crippen molar-refractivity contribution in [3.63, 3.8) is 0 Å². The third-order valence-electron chi connectivity index (χ3n) is 4.62. The molecule has 4 rings (SSSR count). The summed E-state index contributed by atoms with van der Waals surface area (Å²) in [4.78, 5) is 12.5. The third-order valence-corrected chi connectivity index (χ3v) is 4.94. The predicted molar refractivity (Wildman–Crippen MR) is 96.9 cm³/mol. The monoisotopic (exact) mass is 336 g/mol. The van der Waals surface area contributed by atoms with Crippen molar-refractivity contribution in [2.75, 3.05) is 0 Å². The molecule has 1 saturated heterocycles. The normalized spacial score (nSPS) is 20.3. The summed E-state index contributed by atoms with van der Waals surface area (Å²) in [7, 11) is 0. The molecule has 1 amide bonds. The molecule has 1 aliphatic heterocycles. The smallest absolute Gasteiger partial charge is 0.243 e. The van der Waals surface area contributed by atoms with E-state index in [9.17, 15) is 4.79 Å². The van der Waals surface area contributed by atoms with E-state index in [4.69, 9.17) is 11.6 Å². The van der Waals surface area contributed by atoms with Crippen molar-refractivity contribution in [1.82, 2.24) is 10.9 Å². The van der Waals surface area contributed by atoms with Crippen LogP contribution in [0.1, 0.15) is 28.7 Å². The summed E-state index contributed by atoms with van der Waals surface area (Å²) in [6, 6.07) is 20.1. The predicted octanol–water partition coefficient (Wildman–Crippen LogP) is 4.26. The average Bonchev–Trinajstić information content (AvgIpc) is 2.96. The number of aryl methyl sites for hydroxylation is 1. The molecule has 0 aromatic heterocycles. The highest BCUT2D eigenvalue weighted by Gasteiger charge is 2.38. The van der Waals surface area contributed by atoms with Crippen molar-refractivity contribution in [2.24, 2.45) is 0 Å². The lowest BCUT2D eigenvalue weighted by Crippen LogP contribution is -2.27. The van der Waals surface area contributed by atoms with Crippen LogP contribution in [0, 0.1) is 6.92 Å². The first-order chi connectivity index (χ1) is 11.6. The van der Waals surface area contributed by atoms with Gasteiger partial charge in [0.15, 0.2) is 0 Å². The second kappa shape index (κ2) is 5.93. The van der Waals surface area contributed by atoms with E-state index < -0.39 is 0 Å². The number of hydrogen-bond acceptors (Lipinski definition) is 2. The fourth-order valence-electron chi connectivity index (χ4n) is 3.45. The molecule has 0 saturated carbocycles. The van der Waals surface area contributed by atoms with Gasteiger partial charge in [-0.3, -0.25) is 10.2 Å². The van der Waals surface area contributed by atoms with Crippen molar-refractivity contribution in [1.29, 1.82) is 0 Å². The summed E-state index contributed by atoms with van der Waals surface area (Å²) in [6.07, 6.45) is 0. The molecule has 120 valence electrons. The number of carbonyl (C=O) groups is 1. The molecule has 3 aromatic rings. The molecule has 1 heterocycles. The molecule has 4 heteroatoms.